The first-order chi connectivity index (χ1) is 9.85. The number of amides is 1. The second kappa shape index (κ2) is 9.32. The molecule has 124 valence electrons. The zero-order chi connectivity index (χ0) is 16.0. The third-order valence-corrected chi connectivity index (χ3v) is 2.96. The summed E-state index contributed by atoms with van der Waals surface area (Å²) in [5.74, 6) is -3.57. The Kier molecular flexibility index (Phi) is 8.59. The third kappa shape index (κ3) is 5.95. The Morgan fingerprint density at radius 1 is 1.32 bits per heavy atom. The Labute approximate surface area is 133 Å². The molecule has 2 N–H and O–H groups in total. The summed E-state index contributed by atoms with van der Waals surface area (Å²) in [4.78, 5) is 24.3. The van der Waals surface area contributed by atoms with Gasteiger partial charge in [-0.05, 0) is 32.0 Å². The molecular formula is C14H19ClF2N2O3. The van der Waals surface area contributed by atoms with Crippen molar-refractivity contribution >= 4 is 30.0 Å². The number of benzene rings is 1. The maximum absolute atomic E-state index is 13.1. The van der Waals surface area contributed by atoms with Gasteiger partial charge in [0.05, 0.1) is 12.6 Å². The van der Waals surface area contributed by atoms with Gasteiger partial charge in [-0.2, -0.15) is 0 Å². The van der Waals surface area contributed by atoms with Crippen LogP contribution in [0.1, 0.15) is 20.3 Å². The predicted octanol–water partition coefficient (Wildman–Crippen LogP) is 2.51. The molecule has 5 nitrogen and oxygen atoms in total. The van der Waals surface area contributed by atoms with Gasteiger partial charge in [0, 0.05) is 11.8 Å². The number of carbonyl (C=O) groups is 2. The SMILES string of the molecule is CCCN(CC(=O)O)C(C)C(=O)Nc1ccc(F)c(F)c1.Cl. The van der Waals surface area contributed by atoms with Crippen molar-refractivity contribution < 1.29 is 23.5 Å². The highest BCUT2D eigenvalue weighted by Gasteiger charge is 2.22. The second-order valence-corrected chi connectivity index (χ2v) is 4.66. The summed E-state index contributed by atoms with van der Waals surface area (Å²) < 4.78 is 25.9. The van der Waals surface area contributed by atoms with Crippen LogP contribution in [0, 0.1) is 11.6 Å². The van der Waals surface area contributed by atoms with E-state index in [1.54, 1.807) is 6.92 Å². The summed E-state index contributed by atoms with van der Waals surface area (Å²) in [6.45, 7) is 3.61. The van der Waals surface area contributed by atoms with Crippen LogP contribution in [0.15, 0.2) is 18.2 Å². The van der Waals surface area contributed by atoms with Crippen molar-refractivity contribution in [2.45, 2.75) is 26.3 Å². The van der Waals surface area contributed by atoms with E-state index >= 15 is 0 Å². The summed E-state index contributed by atoms with van der Waals surface area (Å²) in [6.07, 6.45) is 0.691. The molecule has 0 aromatic heterocycles. The quantitative estimate of drug-likeness (QED) is 0.802. The summed E-state index contributed by atoms with van der Waals surface area (Å²) >= 11 is 0. The highest BCUT2D eigenvalue weighted by atomic mass is 35.5. The molecule has 0 aliphatic heterocycles. The predicted molar refractivity (Wildman–Crippen MR) is 81.2 cm³/mol. The van der Waals surface area contributed by atoms with Gasteiger partial charge < -0.3 is 10.4 Å². The minimum atomic E-state index is -1.06. The lowest BCUT2D eigenvalue weighted by Crippen LogP contribution is -2.44. The van der Waals surface area contributed by atoms with Gasteiger partial charge in [-0.15, -0.1) is 12.4 Å². The van der Waals surface area contributed by atoms with Gasteiger partial charge in [-0.25, -0.2) is 8.78 Å². The van der Waals surface area contributed by atoms with E-state index in [0.717, 1.165) is 12.1 Å². The van der Waals surface area contributed by atoms with Crippen molar-refractivity contribution in [1.29, 1.82) is 0 Å². The zero-order valence-corrected chi connectivity index (χ0v) is 13.1. The number of hydrogen-bond acceptors (Lipinski definition) is 3. The van der Waals surface area contributed by atoms with E-state index in [4.69, 9.17) is 5.11 Å². The molecule has 0 fully saturated rings. The van der Waals surface area contributed by atoms with E-state index in [1.807, 2.05) is 6.92 Å². The van der Waals surface area contributed by atoms with Gasteiger partial charge in [0.2, 0.25) is 5.91 Å². The number of nitrogens with zero attached hydrogens (tertiary/aromatic N) is 1. The Morgan fingerprint density at radius 3 is 2.45 bits per heavy atom. The summed E-state index contributed by atoms with van der Waals surface area (Å²) in [6, 6.07) is 2.33. The smallest absolute Gasteiger partial charge is 0.317 e. The van der Waals surface area contributed by atoms with Crippen molar-refractivity contribution in [3.63, 3.8) is 0 Å². The number of nitrogens with one attached hydrogen (secondary N) is 1. The third-order valence-electron chi connectivity index (χ3n) is 2.96. The largest absolute Gasteiger partial charge is 0.480 e. The molecular weight excluding hydrogens is 318 g/mol. The molecule has 1 amide bonds. The minimum Gasteiger partial charge on any atom is -0.480 e. The number of halogens is 3. The summed E-state index contributed by atoms with van der Waals surface area (Å²) in [5.41, 5.74) is 0.123. The van der Waals surface area contributed by atoms with Crippen LogP contribution in [0.2, 0.25) is 0 Å². The lowest BCUT2D eigenvalue weighted by atomic mass is 10.2. The Bertz CT molecular complexity index is 529. The van der Waals surface area contributed by atoms with Gasteiger partial charge in [0.25, 0.3) is 0 Å². The second-order valence-electron chi connectivity index (χ2n) is 4.66. The molecule has 8 heteroatoms. The fourth-order valence-electron chi connectivity index (χ4n) is 1.86. The highest BCUT2D eigenvalue weighted by molar-refractivity contribution is 5.94. The molecule has 0 saturated heterocycles. The summed E-state index contributed by atoms with van der Waals surface area (Å²) in [7, 11) is 0. The minimum absolute atomic E-state index is 0. The number of carboxylic acid groups (broad SMARTS) is 1. The van der Waals surface area contributed by atoms with Crippen LogP contribution in [0.25, 0.3) is 0 Å². The Morgan fingerprint density at radius 2 is 1.95 bits per heavy atom. The molecule has 0 aliphatic rings. The monoisotopic (exact) mass is 336 g/mol. The van der Waals surface area contributed by atoms with E-state index < -0.39 is 29.6 Å². The van der Waals surface area contributed by atoms with Crippen molar-refractivity contribution in [3.05, 3.63) is 29.8 Å². The van der Waals surface area contributed by atoms with Crippen LogP contribution >= 0.6 is 12.4 Å². The van der Waals surface area contributed by atoms with Gasteiger partial charge in [-0.1, -0.05) is 6.92 Å². The zero-order valence-electron chi connectivity index (χ0n) is 12.3. The average molecular weight is 337 g/mol. The fraction of sp³-hybridized carbons (Fsp3) is 0.429. The van der Waals surface area contributed by atoms with Crippen LogP contribution in [-0.4, -0.2) is 41.0 Å². The number of carbonyl (C=O) groups excluding carboxylic acids is 1. The van der Waals surface area contributed by atoms with Gasteiger partial charge >= 0.3 is 5.97 Å². The number of hydrogen-bond donors (Lipinski definition) is 2. The molecule has 1 aromatic rings. The standard InChI is InChI=1S/C14H18F2N2O3.ClH/c1-3-6-18(8-13(19)20)9(2)14(21)17-10-4-5-11(15)12(16)7-10;/h4-5,7,9H,3,6,8H2,1-2H3,(H,17,21)(H,19,20);1H. The number of anilines is 1. The van der Waals surface area contributed by atoms with E-state index in [0.29, 0.717) is 13.0 Å². The maximum Gasteiger partial charge on any atom is 0.317 e. The molecule has 0 saturated carbocycles. The molecule has 0 aliphatic carbocycles. The van der Waals surface area contributed by atoms with Gasteiger partial charge in [-0.3, -0.25) is 14.5 Å². The van der Waals surface area contributed by atoms with Gasteiger partial charge in [0.1, 0.15) is 0 Å². The molecule has 0 bridgehead atoms. The first-order valence-corrected chi connectivity index (χ1v) is 6.57. The summed E-state index contributed by atoms with van der Waals surface area (Å²) in [5, 5.41) is 11.3. The lowest BCUT2D eigenvalue weighted by molar-refractivity contribution is -0.139. The molecule has 1 atom stereocenters. The molecule has 1 unspecified atom stereocenters. The molecule has 0 heterocycles. The lowest BCUT2D eigenvalue weighted by Gasteiger charge is -2.26. The normalized spacial score (nSPS) is 11.7. The maximum atomic E-state index is 13.1. The van der Waals surface area contributed by atoms with Crippen molar-refractivity contribution in [3.8, 4) is 0 Å². The number of carboxylic acids is 1. The van der Waals surface area contributed by atoms with Crippen LogP contribution < -0.4 is 5.32 Å². The molecule has 1 rings (SSSR count). The topological polar surface area (TPSA) is 69.6 Å². The first-order valence-electron chi connectivity index (χ1n) is 6.57. The van der Waals surface area contributed by atoms with E-state index in [1.165, 1.54) is 11.0 Å². The van der Waals surface area contributed by atoms with Crippen molar-refractivity contribution in [1.82, 2.24) is 4.90 Å². The first kappa shape index (κ1) is 20.3. The van der Waals surface area contributed by atoms with E-state index in [-0.39, 0.29) is 24.6 Å². The number of rotatable bonds is 7. The molecule has 22 heavy (non-hydrogen) atoms. The highest BCUT2D eigenvalue weighted by Crippen LogP contribution is 2.14. The molecule has 1 aromatic carbocycles. The number of aliphatic carboxylic acids is 1. The molecule has 0 spiro atoms. The van der Waals surface area contributed by atoms with Crippen molar-refractivity contribution in [2.75, 3.05) is 18.4 Å². The molecule has 0 radical (unpaired) electrons. The Balaban J connectivity index is 0.00000441. The fourth-order valence-corrected chi connectivity index (χ4v) is 1.86. The van der Waals surface area contributed by atoms with Crippen molar-refractivity contribution in [2.24, 2.45) is 0 Å². The van der Waals surface area contributed by atoms with Crippen LogP contribution in [-0.2, 0) is 9.59 Å². The average Bonchev–Trinajstić information content (AvgIpc) is 2.41. The Hall–Kier alpha value is -1.73. The van der Waals surface area contributed by atoms with Crippen LogP contribution in [0.3, 0.4) is 0 Å². The van der Waals surface area contributed by atoms with Crippen LogP contribution in [0.4, 0.5) is 14.5 Å². The van der Waals surface area contributed by atoms with Gasteiger partial charge in [0.15, 0.2) is 11.6 Å². The van der Waals surface area contributed by atoms with Crippen LogP contribution in [0.5, 0.6) is 0 Å². The van der Waals surface area contributed by atoms with E-state index in [2.05, 4.69) is 5.32 Å². The van der Waals surface area contributed by atoms with E-state index in [9.17, 15) is 18.4 Å².